The Bertz CT molecular complexity index is 744. The molecule has 0 bridgehead atoms. The molecule has 0 atom stereocenters. The largest absolute Gasteiger partial charge is 0.472 e. The molecule has 0 aliphatic carbocycles. The molecule has 9 heteroatoms. The van der Waals surface area contributed by atoms with Gasteiger partial charge in [-0.05, 0) is 24.3 Å². The predicted octanol–water partition coefficient (Wildman–Crippen LogP) is 3.61. The van der Waals surface area contributed by atoms with E-state index < -0.39 is 19.8 Å². The van der Waals surface area contributed by atoms with E-state index in [4.69, 9.17) is 18.5 Å². The first kappa shape index (κ1) is 22.8. The summed E-state index contributed by atoms with van der Waals surface area (Å²) in [7, 11) is -4.22. The normalized spacial score (nSPS) is 11.1. The summed E-state index contributed by atoms with van der Waals surface area (Å²) < 4.78 is 31.4. The molecule has 0 aromatic heterocycles. The first-order valence-electron chi connectivity index (χ1n) is 9.04. The molecule has 29 heavy (non-hydrogen) atoms. The van der Waals surface area contributed by atoms with Crippen molar-refractivity contribution in [2.75, 3.05) is 26.4 Å². The Morgan fingerprint density at radius 2 is 1.07 bits per heavy atom. The molecule has 1 N–H and O–H groups in total. The number of rotatable bonds is 12. The van der Waals surface area contributed by atoms with Crippen LogP contribution < -0.4 is 0 Å². The summed E-state index contributed by atoms with van der Waals surface area (Å²) >= 11 is 0. The van der Waals surface area contributed by atoms with E-state index in [1.165, 1.54) is 0 Å². The number of hydrogen-bond donors (Lipinski definition) is 1. The number of phosphoric acid groups is 1. The van der Waals surface area contributed by atoms with Crippen LogP contribution >= 0.6 is 7.82 Å². The van der Waals surface area contributed by atoms with Crippen molar-refractivity contribution in [3.63, 3.8) is 0 Å². The fraction of sp³-hybridized carbons (Fsp3) is 0.300. The van der Waals surface area contributed by atoms with Crippen molar-refractivity contribution in [2.45, 2.75) is 12.8 Å². The summed E-state index contributed by atoms with van der Waals surface area (Å²) in [5.74, 6) is -0.946. The molecule has 8 nitrogen and oxygen atoms in total. The van der Waals surface area contributed by atoms with Gasteiger partial charge in [-0.3, -0.25) is 9.05 Å². The molecule has 0 aliphatic rings. The van der Waals surface area contributed by atoms with E-state index in [1.54, 1.807) is 60.7 Å². The molecule has 0 saturated heterocycles. The molecule has 156 valence electrons. The molecule has 0 spiro atoms. The van der Waals surface area contributed by atoms with Crippen molar-refractivity contribution in [1.29, 1.82) is 0 Å². The van der Waals surface area contributed by atoms with Crippen LogP contribution in [0.1, 0.15) is 33.6 Å². The summed E-state index contributed by atoms with van der Waals surface area (Å²) in [6.07, 6.45) is 0.475. The highest BCUT2D eigenvalue weighted by molar-refractivity contribution is 7.47. The van der Waals surface area contributed by atoms with E-state index >= 15 is 0 Å². The number of hydrogen-bond acceptors (Lipinski definition) is 7. The van der Waals surface area contributed by atoms with Crippen LogP contribution in [0.2, 0.25) is 0 Å². The van der Waals surface area contributed by atoms with E-state index in [2.05, 4.69) is 0 Å². The second-order valence-electron chi connectivity index (χ2n) is 5.85. The number of carbonyl (C=O) groups is 2. The predicted molar refractivity (Wildman–Crippen MR) is 104 cm³/mol. The highest BCUT2D eigenvalue weighted by Gasteiger charge is 2.20. The van der Waals surface area contributed by atoms with Gasteiger partial charge in [-0.2, -0.15) is 0 Å². The highest BCUT2D eigenvalue weighted by atomic mass is 31.2. The van der Waals surface area contributed by atoms with Gasteiger partial charge in [-0.25, -0.2) is 14.2 Å². The van der Waals surface area contributed by atoms with Crippen molar-refractivity contribution < 1.29 is 37.6 Å². The minimum absolute atomic E-state index is 0.0448. The maximum Gasteiger partial charge on any atom is 0.472 e. The second kappa shape index (κ2) is 12.1. The summed E-state index contributed by atoms with van der Waals surface area (Å²) in [6, 6.07) is 17.0. The van der Waals surface area contributed by atoms with Crippen molar-refractivity contribution in [3.8, 4) is 0 Å². The minimum Gasteiger partial charge on any atom is -0.462 e. The average molecular weight is 422 g/mol. The maximum atomic E-state index is 11.7. The van der Waals surface area contributed by atoms with Gasteiger partial charge in [0, 0.05) is 12.8 Å². The third-order valence-corrected chi connectivity index (χ3v) is 4.59. The van der Waals surface area contributed by atoms with Gasteiger partial charge in [0.25, 0.3) is 0 Å². The summed E-state index contributed by atoms with van der Waals surface area (Å²) in [6.45, 7) is -0.135. The highest BCUT2D eigenvalue weighted by Crippen LogP contribution is 2.43. The van der Waals surface area contributed by atoms with Crippen LogP contribution in [0, 0.1) is 0 Å². The molecule has 0 heterocycles. The van der Waals surface area contributed by atoms with E-state index in [-0.39, 0.29) is 39.3 Å². The van der Waals surface area contributed by atoms with Crippen LogP contribution in [0.3, 0.4) is 0 Å². The molecular weight excluding hydrogens is 399 g/mol. The molecule has 0 aliphatic heterocycles. The van der Waals surface area contributed by atoms with Gasteiger partial charge in [0.05, 0.1) is 37.6 Å². The lowest BCUT2D eigenvalue weighted by Crippen LogP contribution is -2.09. The molecule has 0 amide bonds. The molecule has 0 unspecified atom stereocenters. The van der Waals surface area contributed by atoms with Gasteiger partial charge in [0.15, 0.2) is 0 Å². The smallest absolute Gasteiger partial charge is 0.462 e. The molecule has 2 aromatic carbocycles. The summed E-state index contributed by atoms with van der Waals surface area (Å²) in [5, 5.41) is 0. The lowest BCUT2D eigenvalue weighted by molar-refractivity contribution is 0.0472. The average Bonchev–Trinajstić information content (AvgIpc) is 2.74. The van der Waals surface area contributed by atoms with Crippen LogP contribution in [0.4, 0.5) is 0 Å². The van der Waals surface area contributed by atoms with E-state index in [0.717, 1.165) is 0 Å². The zero-order valence-corrected chi connectivity index (χ0v) is 16.7. The van der Waals surface area contributed by atoms with Crippen LogP contribution in [-0.4, -0.2) is 43.3 Å². The molecule has 0 fully saturated rings. The first-order chi connectivity index (χ1) is 14.0. The van der Waals surface area contributed by atoms with E-state index in [1.807, 2.05) is 0 Å². The quantitative estimate of drug-likeness (QED) is 0.314. The molecule has 0 saturated carbocycles. The summed E-state index contributed by atoms with van der Waals surface area (Å²) in [5.41, 5.74) is 0.857. The zero-order chi connectivity index (χ0) is 21.0. The Hall–Kier alpha value is -2.51. The number of benzene rings is 2. The zero-order valence-electron chi connectivity index (χ0n) is 15.8. The third kappa shape index (κ3) is 9.02. The van der Waals surface area contributed by atoms with Crippen LogP contribution in [0.15, 0.2) is 60.7 Å². The fourth-order valence-corrected chi connectivity index (χ4v) is 2.95. The van der Waals surface area contributed by atoms with Gasteiger partial charge in [0.1, 0.15) is 0 Å². The molecular formula is C20H23O8P. The summed E-state index contributed by atoms with van der Waals surface area (Å²) in [4.78, 5) is 33.0. The van der Waals surface area contributed by atoms with E-state index in [0.29, 0.717) is 11.1 Å². The van der Waals surface area contributed by atoms with E-state index in [9.17, 15) is 19.0 Å². The SMILES string of the molecule is O=C(OCCCOP(=O)(O)OCCCOC(=O)c1ccccc1)c1ccccc1. The molecule has 2 rings (SSSR count). The molecule has 2 aromatic rings. The Morgan fingerprint density at radius 3 is 1.45 bits per heavy atom. The lowest BCUT2D eigenvalue weighted by Gasteiger charge is -2.12. The maximum absolute atomic E-state index is 11.7. The lowest BCUT2D eigenvalue weighted by atomic mass is 10.2. The number of esters is 2. The Morgan fingerprint density at radius 1 is 0.690 bits per heavy atom. The van der Waals surface area contributed by atoms with Crippen LogP contribution in [0.25, 0.3) is 0 Å². The number of carbonyl (C=O) groups excluding carboxylic acids is 2. The van der Waals surface area contributed by atoms with Gasteiger partial charge in [-0.15, -0.1) is 0 Å². The third-order valence-electron chi connectivity index (χ3n) is 3.57. The van der Waals surface area contributed by atoms with Crippen LogP contribution in [0.5, 0.6) is 0 Å². The van der Waals surface area contributed by atoms with Gasteiger partial charge < -0.3 is 14.4 Å². The van der Waals surface area contributed by atoms with Crippen molar-refractivity contribution >= 4 is 19.8 Å². The van der Waals surface area contributed by atoms with Crippen molar-refractivity contribution in [1.82, 2.24) is 0 Å². The van der Waals surface area contributed by atoms with Crippen LogP contribution in [-0.2, 0) is 23.1 Å². The fourth-order valence-electron chi connectivity index (χ4n) is 2.16. The van der Waals surface area contributed by atoms with Crippen molar-refractivity contribution in [3.05, 3.63) is 71.8 Å². The standard InChI is InChI=1S/C20H23O8P/c21-19(17-9-3-1-4-10-17)25-13-7-15-27-29(23,24)28-16-8-14-26-20(22)18-11-5-2-6-12-18/h1-6,9-12H,7-8,13-16H2,(H,23,24). The second-order valence-corrected chi connectivity index (χ2v) is 7.30. The topological polar surface area (TPSA) is 108 Å². The Labute approximate surface area is 169 Å². The van der Waals surface area contributed by atoms with Gasteiger partial charge in [0.2, 0.25) is 0 Å². The minimum atomic E-state index is -4.22. The van der Waals surface area contributed by atoms with Gasteiger partial charge >= 0.3 is 19.8 Å². The van der Waals surface area contributed by atoms with Crippen molar-refractivity contribution in [2.24, 2.45) is 0 Å². The monoisotopic (exact) mass is 422 g/mol. The Balaban J connectivity index is 1.52. The Kier molecular flexibility index (Phi) is 9.53. The first-order valence-corrected chi connectivity index (χ1v) is 10.5. The molecule has 0 radical (unpaired) electrons. The van der Waals surface area contributed by atoms with Gasteiger partial charge in [-0.1, -0.05) is 36.4 Å². The number of phosphoric ester groups is 1. The number of ether oxygens (including phenoxy) is 2.